The lowest BCUT2D eigenvalue weighted by Crippen LogP contribution is -2.14. The summed E-state index contributed by atoms with van der Waals surface area (Å²) in [5.41, 5.74) is 1.22. The summed E-state index contributed by atoms with van der Waals surface area (Å²) in [7, 11) is 0. The maximum atomic E-state index is 11.1. The molecule has 0 amide bonds. The van der Waals surface area contributed by atoms with Crippen molar-refractivity contribution in [3.05, 3.63) is 27.1 Å². The molecule has 0 spiro atoms. The molecule has 0 saturated heterocycles. The number of hydrogen-bond donors (Lipinski definition) is 0. The maximum absolute atomic E-state index is 11.1. The van der Waals surface area contributed by atoms with Crippen LogP contribution in [0.5, 0.6) is 0 Å². The maximum Gasteiger partial charge on any atom is 0.293 e. The molecule has 0 aliphatic rings. The second-order valence-electron chi connectivity index (χ2n) is 1.84. The topological polar surface area (TPSA) is 47.3 Å². The molecule has 11 heavy (non-hydrogen) atoms. The van der Waals surface area contributed by atoms with Crippen molar-refractivity contribution in [2.24, 2.45) is 0 Å². The molecule has 2 aromatic heterocycles. The molecular formula is C5H2ClN3OS. The predicted molar refractivity (Wildman–Crippen MR) is 42.1 cm³/mol. The van der Waals surface area contributed by atoms with E-state index in [-0.39, 0.29) is 10.6 Å². The summed E-state index contributed by atoms with van der Waals surface area (Å²) >= 11 is 6.81. The van der Waals surface area contributed by atoms with Crippen molar-refractivity contribution in [1.82, 2.24) is 14.6 Å². The zero-order valence-electron chi connectivity index (χ0n) is 5.19. The molecule has 0 saturated carbocycles. The van der Waals surface area contributed by atoms with Gasteiger partial charge >= 0.3 is 0 Å². The molecule has 0 radical (unpaired) electrons. The van der Waals surface area contributed by atoms with Gasteiger partial charge in [0.1, 0.15) is 10.5 Å². The highest BCUT2D eigenvalue weighted by atomic mass is 35.5. The standard InChI is InChI=1S/C5H2ClN3OS/c6-3-1-7-5-9(4(3)10)8-2-11-5/h1-2H. The minimum atomic E-state index is -0.321. The Hall–Kier alpha value is -0.940. The van der Waals surface area contributed by atoms with Crippen molar-refractivity contribution in [2.45, 2.75) is 0 Å². The quantitative estimate of drug-likeness (QED) is 0.613. The molecule has 0 fully saturated rings. The fraction of sp³-hybridized carbons (Fsp3) is 0. The van der Waals surface area contributed by atoms with Gasteiger partial charge in [0.25, 0.3) is 5.56 Å². The lowest BCUT2D eigenvalue weighted by molar-refractivity contribution is 0.900. The molecule has 0 bridgehead atoms. The number of hydrogen-bond acceptors (Lipinski definition) is 4. The highest BCUT2D eigenvalue weighted by Crippen LogP contribution is 2.04. The fourth-order valence-corrected chi connectivity index (χ4v) is 1.42. The molecule has 56 valence electrons. The van der Waals surface area contributed by atoms with Crippen LogP contribution in [0.3, 0.4) is 0 Å². The van der Waals surface area contributed by atoms with E-state index in [9.17, 15) is 4.79 Å². The molecule has 0 aromatic carbocycles. The van der Waals surface area contributed by atoms with E-state index in [2.05, 4.69) is 10.1 Å². The number of rotatable bonds is 0. The summed E-state index contributed by atoms with van der Waals surface area (Å²) in [5.74, 6) is 0. The van der Waals surface area contributed by atoms with Gasteiger partial charge in [-0.05, 0) is 0 Å². The Balaban J connectivity index is 3.05. The summed E-state index contributed by atoms with van der Waals surface area (Å²) in [5, 5.41) is 3.85. The number of halogens is 1. The van der Waals surface area contributed by atoms with E-state index in [1.165, 1.54) is 22.0 Å². The van der Waals surface area contributed by atoms with Gasteiger partial charge in [-0.15, -0.1) is 0 Å². The molecule has 0 aliphatic carbocycles. The molecule has 0 unspecified atom stereocenters. The summed E-state index contributed by atoms with van der Waals surface area (Å²) < 4.78 is 1.17. The lowest BCUT2D eigenvalue weighted by Gasteiger charge is -1.88. The molecular weight excluding hydrogens is 186 g/mol. The smallest absolute Gasteiger partial charge is 0.266 e. The van der Waals surface area contributed by atoms with Crippen molar-refractivity contribution in [3.63, 3.8) is 0 Å². The van der Waals surface area contributed by atoms with E-state index in [1.807, 2.05) is 0 Å². The minimum Gasteiger partial charge on any atom is -0.266 e. The Morgan fingerprint density at radius 3 is 3.27 bits per heavy atom. The second-order valence-corrected chi connectivity index (χ2v) is 3.06. The van der Waals surface area contributed by atoms with Gasteiger partial charge in [-0.2, -0.15) is 9.61 Å². The van der Waals surface area contributed by atoms with Crippen LogP contribution in [0.1, 0.15) is 0 Å². The van der Waals surface area contributed by atoms with Crippen LogP contribution >= 0.6 is 22.9 Å². The van der Waals surface area contributed by atoms with Gasteiger partial charge in [0.15, 0.2) is 0 Å². The SMILES string of the molecule is O=c1c(Cl)cnc2scnn12. The summed E-state index contributed by atoms with van der Waals surface area (Å²) in [6, 6.07) is 0. The fourth-order valence-electron chi connectivity index (χ4n) is 0.710. The first-order valence-electron chi connectivity index (χ1n) is 2.76. The third kappa shape index (κ3) is 0.928. The van der Waals surface area contributed by atoms with Crippen molar-refractivity contribution in [3.8, 4) is 0 Å². The molecule has 2 aromatic rings. The summed E-state index contributed by atoms with van der Waals surface area (Å²) in [4.78, 5) is 15.6. The Labute approximate surface area is 70.1 Å². The largest absolute Gasteiger partial charge is 0.293 e. The minimum absolute atomic E-state index is 0.0911. The Kier molecular flexibility index (Phi) is 1.40. The first-order chi connectivity index (χ1) is 5.29. The van der Waals surface area contributed by atoms with Gasteiger partial charge in [-0.25, -0.2) is 4.98 Å². The second kappa shape index (κ2) is 2.28. The van der Waals surface area contributed by atoms with Gasteiger partial charge in [0, 0.05) is 0 Å². The average Bonchev–Trinajstić information content (AvgIpc) is 2.45. The zero-order valence-corrected chi connectivity index (χ0v) is 6.76. The van der Waals surface area contributed by atoms with Gasteiger partial charge in [0.05, 0.1) is 6.20 Å². The van der Waals surface area contributed by atoms with Crippen molar-refractivity contribution < 1.29 is 0 Å². The first kappa shape index (κ1) is 6.75. The van der Waals surface area contributed by atoms with Crippen LogP contribution in [0.15, 0.2) is 16.5 Å². The van der Waals surface area contributed by atoms with E-state index in [0.717, 1.165) is 0 Å². The van der Waals surface area contributed by atoms with E-state index >= 15 is 0 Å². The van der Waals surface area contributed by atoms with Crippen molar-refractivity contribution in [2.75, 3.05) is 0 Å². The van der Waals surface area contributed by atoms with Crippen molar-refractivity contribution in [1.29, 1.82) is 0 Å². The molecule has 4 nitrogen and oxygen atoms in total. The summed E-state index contributed by atoms with van der Waals surface area (Å²) in [6.45, 7) is 0. The molecule has 2 rings (SSSR count). The zero-order chi connectivity index (χ0) is 7.84. The average molecular weight is 188 g/mol. The van der Waals surface area contributed by atoms with Crippen LogP contribution in [0.4, 0.5) is 0 Å². The third-order valence-electron chi connectivity index (χ3n) is 1.19. The Bertz CT molecular complexity index is 448. The Morgan fingerprint density at radius 2 is 2.45 bits per heavy atom. The Morgan fingerprint density at radius 1 is 1.64 bits per heavy atom. The van der Waals surface area contributed by atoms with E-state index < -0.39 is 0 Å². The highest BCUT2D eigenvalue weighted by molar-refractivity contribution is 7.14. The van der Waals surface area contributed by atoms with Crippen LogP contribution < -0.4 is 5.56 Å². The van der Waals surface area contributed by atoms with Gasteiger partial charge in [-0.1, -0.05) is 22.9 Å². The normalized spacial score (nSPS) is 10.6. The molecule has 2 heterocycles. The number of fused-ring (bicyclic) bond motifs is 1. The van der Waals surface area contributed by atoms with Crippen LogP contribution in [0.2, 0.25) is 5.02 Å². The predicted octanol–water partition coefficient (Wildman–Crippen LogP) is 0.804. The van der Waals surface area contributed by atoms with Gasteiger partial charge in [-0.3, -0.25) is 4.79 Å². The van der Waals surface area contributed by atoms with E-state index in [1.54, 1.807) is 5.51 Å². The number of nitrogens with zero attached hydrogens (tertiary/aromatic N) is 3. The lowest BCUT2D eigenvalue weighted by atomic mass is 10.7. The van der Waals surface area contributed by atoms with E-state index in [4.69, 9.17) is 11.6 Å². The van der Waals surface area contributed by atoms with Crippen LogP contribution in [-0.2, 0) is 0 Å². The molecule has 6 heteroatoms. The monoisotopic (exact) mass is 187 g/mol. The van der Waals surface area contributed by atoms with Gasteiger partial charge in [0.2, 0.25) is 4.96 Å². The van der Waals surface area contributed by atoms with Crippen molar-refractivity contribution >= 4 is 27.9 Å². The van der Waals surface area contributed by atoms with Crippen LogP contribution in [-0.4, -0.2) is 14.6 Å². The third-order valence-corrected chi connectivity index (χ3v) is 2.14. The van der Waals surface area contributed by atoms with E-state index in [0.29, 0.717) is 4.96 Å². The first-order valence-corrected chi connectivity index (χ1v) is 4.02. The summed E-state index contributed by atoms with van der Waals surface area (Å²) in [6.07, 6.45) is 1.33. The van der Waals surface area contributed by atoms with Gasteiger partial charge < -0.3 is 0 Å². The molecule has 0 N–H and O–H groups in total. The number of aromatic nitrogens is 3. The van der Waals surface area contributed by atoms with Crippen LogP contribution in [0, 0.1) is 0 Å². The highest BCUT2D eigenvalue weighted by Gasteiger charge is 2.02. The van der Waals surface area contributed by atoms with Crippen LogP contribution in [0.25, 0.3) is 4.96 Å². The molecule has 0 aliphatic heterocycles. The molecule has 0 atom stereocenters.